The fraction of sp³-hybridized carbons (Fsp3) is 0.278. The zero-order valence-corrected chi connectivity index (χ0v) is 14.4. The third kappa shape index (κ3) is 4.29. The van der Waals surface area contributed by atoms with Gasteiger partial charge in [0.25, 0.3) is 11.8 Å². The maximum Gasteiger partial charge on any atom is 0.265 e. The molecule has 24 heavy (non-hydrogen) atoms. The highest BCUT2D eigenvalue weighted by molar-refractivity contribution is 7.80. The van der Waals surface area contributed by atoms with Crippen molar-refractivity contribution in [1.82, 2.24) is 10.2 Å². The quantitative estimate of drug-likeness (QED) is 0.272. The van der Waals surface area contributed by atoms with Gasteiger partial charge in [0.1, 0.15) is 11.3 Å². The number of unbranched alkanes of at least 4 members (excludes halogenated alkanes) is 1. The standard InChI is InChI=1S/C18H20N2O3S/c1-3-5-11-23-14-8-6-13(7-9-14)12-15-16(21)19-18(24)20(10-4-2)17(15)22/h4,6-9,12H,2-3,5,10-11H2,1H3,(H,19,21,24)/b15-12+. The van der Waals surface area contributed by atoms with Crippen molar-refractivity contribution in [3.8, 4) is 5.75 Å². The van der Waals surface area contributed by atoms with E-state index in [4.69, 9.17) is 17.0 Å². The molecule has 1 aliphatic heterocycles. The minimum Gasteiger partial charge on any atom is -0.494 e. The van der Waals surface area contributed by atoms with Crippen LogP contribution in [0.3, 0.4) is 0 Å². The smallest absolute Gasteiger partial charge is 0.265 e. The summed E-state index contributed by atoms with van der Waals surface area (Å²) in [5, 5.41) is 2.62. The third-order valence-corrected chi connectivity index (χ3v) is 3.78. The Morgan fingerprint density at radius 1 is 1.29 bits per heavy atom. The van der Waals surface area contributed by atoms with E-state index >= 15 is 0 Å². The first-order chi connectivity index (χ1) is 11.6. The highest BCUT2D eigenvalue weighted by atomic mass is 32.1. The molecule has 126 valence electrons. The molecule has 2 rings (SSSR count). The van der Waals surface area contributed by atoms with E-state index in [1.54, 1.807) is 24.3 Å². The average molecular weight is 344 g/mol. The van der Waals surface area contributed by atoms with E-state index in [9.17, 15) is 9.59 Å². The molecule has 6 heteroatoms. The van der Waals surface area contributed by atoms with Crippen LogP contribution in [0.4, 0.5) is 0 Å². The number of carbonyl (C=O) groups excluding carboxylic acids is 2. The van der Waals surface area contributed by atoms with Crippen LogP contribution in [0.5, 0.6) is 5.75 Å². The first kappa shape index (κ1) is 17.9. The van der Waals surface area contributed by atoms with Crippen molar-refractivity contribution in [1.29, 1.82) is 0 Å². The van der Waals surface area contributed by atoms with Gasteiger partial charge in [-0.05, 0) is 42.4 Å². The van der Waals surface area contributed by atoms with Crippen LogP contribution in [-0.2, 0) is 9.59 Å². The Hall–Kier alpha value is -2.47. The van der Waals surface area contributed by atoms with Gasteiger partial charge >= 0.3 is 0 Å². The van der Waals surface area contributed by atoms with Gasteiger partial charge in [-0.25, -0.2) is 0 Å². The molecule has 1 saturated heterocycles. The molecule has 0 saturated carbocycles. The number of hydrogen-bond acceptors (Lipinski definition) is 4. The fourth-order valence-corrected chi connectivity index (χ4v) is 2.40. The topological polar surface area (TPSA) is 58.6 Å². The van der Waals surface area contributed by atoms with Crippen molar-refractivity contribution >= 4 is 35.2 Å². The van der Waals surface area contributed by atoms with Crippen LogP contribution in [0.25, 0.3) is 6.08 Å². The summed E-state index contributed by atoms with van der Waals surface area (Å²) >= 11 is 5.01. The monoisotopic (exact) mass is 344 g/mol. The van der Waals surface area contributed by atoms with E-state index in [1.807, 2.05) is 12.1 Å². The Kier molecular flexibility index (Phi) is 6.26. The molecule has 1 aromatic rings. The molecule has 0 aromatic heterocycles. The molecule has 1 heterocycles. The van der Waals surface area contributed by atoms with E-state index in [2.05, 4.69) is 18.8 Å². The van der Waals surface area contributed by atoms with Gasteiger partial charge in [0.05, 0.1) is 6.61 Å². The summed E-state index contributed by atoms with van der Waals surface area (Å²) in [4.78, 5) is 25.8. The second-order valence-corrected chi connectivity index (χ2v) is 5.68. The van der Waals surface area contributed by atoms with Crippen LogP contribution in [0.15, 0.2) is 42.5 Å². The molecule has 2 amide bonds. The molecule has 1 N–H and O–H groups in total. The van der Waals surface area contributed by atoms with Crippen molar-refractivity contribution in [2.45, 2.75) is 19.8 Å². The molecule has 1 fully saturated rings. The van der Waals surface area contributed by atoms with Crippen molar-refractivity contribution in [2.75, 3.05) is 13.2 Å². The fourth-order valence-electron chi connectivity index (χ4n) is 2.15. The summed E-state index contributed by atoms with van der Waals surface area (Å²) < 4.78 is 5.59. The van der Waals surface area contributed by atoms with Crippen LogP contribution >= 0.6 is 12.2 Å². The van der Waals surface area contributed by atoms with Crippen molar-refractivity contribution < 1.29 is 14.3 Å². The molecule has 0 spiro atoms. The van der Waals surface area contributed by atoms with Gasteiger partial charge in [0, 0.05) is 6.54 Å². The molecule has 0 unspecified atom stereocenters. The van der Waals surface area contributed by atoms with Gasteiger partial charge < -0.3 is 4.74 Å². The Morgan fingerprint density at radius 3 is 2.62 bits per heavy atom. The first-order valence-corrected chi connectivity index (χ1v) is 8.20. The van der Waals surface area contributed by atoms with Gasteiger partial charge in [0.2, 0.25) is 0 Å². The SMILES string of the molecule is C=CCN1C(=O)/C(=C/c2ccc(OCCCC)cc2)C(=O)NC1=S. The van der Waals surface area contributed by atoms with Gasteiger partial charge in [-0.3, -0.25) is 19.8 Å². The number of ether oxygens (including phenoxy) is 1. The summed E-state index contributed by atoms with van der Waals surface area (Å²) in [5.74, 6) is -0.153. The lowest BCUT2D eigenvalue weighted by Crippen LogP contribution is -2.53. The van der Waals surface area contributed by atoms with Crippen LogP contribution in [0, 0.1) is 0 Å². The highest BCUT2D eigenvalue weighted by Gasteiger charge is 2.32. The van der Waals surface area contributed by atoms with E-state index < -0.39 is 11.8 Å². The van der Waals surface area contributed by atoms with E-state index in [1.165, 1.54) is 4.90 Å². The van der Waals surface area contributed by atoms with Crippen molar-refractivity contribution in [2.24, 2.45) is 0 Å². The minimum absolute atomic E-state index is 0.0464. The largest absolute Gasteiger partial charge is 0.494 e. The van der Waals surface area contributed by atoms with Crippen LogP contribution in [0.1, 0.15) is 25.3 Å². The van der Waals surface area contributed by atoms with Crippen LogP contribution in [0.2, 0.25) is 0 Å². The third-order valence-electron chi connectivity index (χ3n) is 3.46. The maximum atomic E-state index is 12.4. The summed E-state index contributed by atoms with van der Waals surface area (Å²) in [5.41, 5.74) is 0.785. The number of carbonyl (C=O) groups is 2. The number of hydrogen-bond donors (Lipinski definition) is 1. The van der Waals surface area contributed by atoms with E-state index in [0.29, 0.717) is 6.61 Å². The Morgan fingerprint density at radius 2 is 2.00 bits per heavy atom. The predicted octanol–water partition coefficient (Wildman–Crippen LogP) is 2.68. The van der Waals surface area contributed by atoms with Crippen LogP contribution in [-0.4, -0.2) is 35.0 Å². The molecule has 0 radical (unpaired) electrons. The van der Waals surface area contributed by atoms with Crippen LogP contribution < -0.4 is 10.1 Å². The maximum absolute atomic E-state index is 12.4. The molecule has 1 aromatic carbocycles. The minimum atomic E-state index is -0.492. The number of amides is 2. The van der Waals surface area contributed by atoms with Crippen molar-refractivity contribution in [3.05, 3.63) is 48.1 Å². The lowest BCUT2D eigenvalue weighted by atomic mass is 10.1. The summed E-state index contributed by atoms with van der Waals surface area (Å²) in [6.07, 6.45) is 5.18. The molecule has 0 aliphatic carbocycles. The Labute approximate surface area is 147 Å². The average Bonchev–Trinajstić information content (AvgIpc) is 2.57. The zero-order chi connectivity index (χ0) is 17.5. The lowest BCUT2D eigenvalue weighted by molar-refractivity contribution is -0.128. The Balaban J connectivity index is 2.16. The lowest BCUT2D eigenvalue weighted by Gasteiger charge is -2.27. The molecule has 5 nitrogen and oxygen atoms in total. The summed E-state index contributed by atoms with van der Waals surface area (Å²) in [6, 6.07) is 7.25. The van der Waals surface area contributed by atoms with Gasteiger partial charge in [0.15, 0.2) is 5.11 Å². The summed E-state index contributed by atoms with van der Waals surface area (Å²) in [7, 11) is 0. The molecule has 1 aliphatic rings. The van der Waals surface area contributed by atoms with Gasteiger partial charge in [-0.15, -0.1) is 6.58 Å². The highest BCUT2D eigenvalue weighted by Crippen LogP contribution is 2.18. The molecule has 0 bridgehead atoms. The van der Waals surface area contributed by atoms with E-state index in [-0.39, 0.29) is 17.2 Å². The number of nitrogens with zero attached hydrogens (tertiary/aromatic N) is 1. The van der Waals surface area contributed by atoms with E-state index in [0.717, 1.165) is 24.2 Å². The number of benzene rings is 1. The van der Waals surface area contributed by atoms with Crippen molar-refractivity contribution in [3.63, 3.8) is 0 Å². The predicted molar refractivity (Wildman–Crippen MR) is 97.5 cm³/mol. The second-order valence-electron chi connectivity index (χ2n) is 5.29. The number of thiocarbonyl (C=S) groups is 1. The second kappa shape index (κ2) is 8.40. The molecule has 0 atom stereocenters. The molecular weight excluding hydrogens is 324 g/mol. The Bertz CT molecular complexity index is 680. The van der Waals surface area contributed by atoms with Gasteiger partial charge in [-0.2, -0.15) is 0 Å². The molecular formula is C18H20N2O3S. The number of rotatable bonds is 7. The first-order valence-electron chi connectivity index (χ1n) is 7.79. The number of nitrogens with one attached hydrogen (secondary N) is 1. The van der Waals surface area contributed by atoms with Gasteiger partial charge in [-0.1, -0.05) is 31.6 Å². The normalized spacial score (nSPS) is 16.3. The summed E-state index contributed by atoms with van der Waals surface area (Å²) in [6.45, 7) is 6.62. The zero-order valence-electron chi connectivity index (χ0n) is 13.6.